The predicted octanol–water partition coefficient (Wildman–Crippen LogP) is 4.93. The number of carbonyl (C=O) groups excluding carboxylic acids is 2. The highest BCUT2D eigenvalue weighted by Gasteiger charge is 2.19. The van der Waals surface area contributed by atoms with E-state index in [4.69, 9.17) is 0 Å². The van der Waals surface area contributed by atoms with Gasteiger partial charge in [0, 0.05) is 23.4 Å². The Bertz CT molecular complexity index is 673. The van der Waals surface area contributed by atoms with Crippen LogP contribution in [-0.2, 0) is 4.79 Å². The Morgan fingerprint density at radius 2 is 2.00 bits per heavy atom. The summed E-state index contributed by atoms with van der Waals surface area (Å²) in [6.07, 6.45) is 3.59. The van der Waals surface area contributed by atoms with Crippen LogP contribution in [0.3, 0.4) is 0 Å². The van der Waals surface area contributed by atoms with E-state index in [-0.39, 0.29) is 11.7 Å². The van der Waals surface area contributed by atoms with E-state index in [1.54, 1.807) is 0 Å². The number of unbranched alkanes of at least 4 members (excludes halogenated alkanes) is 2. The molecule has 112 valence electrons. The highest BCUT2D eigenvalue weighted by Crippen LogP contribution is 2.37. The number of amides is 1. The molecule has 0 spiro atoms. The topological polar surface area (TPSA) is 46.2 Å². The highest BCUT2D eigenvalue weighted by molar-refractivity contribution is 7.23. The zero-order valence-corrected chi connectivity index (χ0v) is 13.6. The summed E-state index contributed by atoms with van der Waals surface area (Å²) in [6, 6.07) is 6.08. The van der Waals surface area contributed by atoms with Crippen molar-refractivity contribution >= 4 is 38.1 Å². The Balaban J connectivity index is 2.43. The molecule has 0 saturated carbocycles. The first-order valence-corrected chi connectivity index (χ1v) is 8.18. The van der Waals surface area contributed by atoms with Crippen LogP contribution in [0.2, 0.25) is 0 Å². The van der Waals surface area contributed by atoms with E-state index in [9.17, 15) is 9.59 Å². The molecule has 1 aromatic heterocycles. The second kappa shape index (κ2) is 6.85. The Morgan fingerprint density at radius 1 is 1.24 bits per heavy atom. The molecule has 21 heavy (non-hydrogen) atoms. The summed E-state index contributed by atoms with van der Waals surface area (Å²) in [5.41, 5.74) is 1.81. The average Bonchev–Trinajstić information content (AvgIpc) is 2.75. The summed E-state index contributed by atoms with van der Waals surface area (Å²) in [4.78, 5) is 23.9. The fraction of sp³-hybridized carbons (Fsp3) is 0.412. The molecule has 2 aromatic rings. The quantitative estimate of drug-likeness (QED) is 0.607. The number of rotatable bonds is 6. The summed E-state index contributed by atoms with van der Waals surface area (Å²) in [7, 11) is 0. The van der Waals surface area contributed by atoms with Crippen LogP contribution in [-0.4, -0.2) is 11.7 Å². The molecule has 1 heterocycles. The minimum Gasteiger partial charge on any atom is -0.317 e. The number of benzene rings is 1. The van der Waals surface area contributed by atoms with Gasteiger partial charge >= 0.3 is 0 Å². The SMILES string of the molecule is CCCCCC(=O)c1c(NC(C)=O)sc2ccc(C)cc12. The molecule has 0 aliphatic rings. The number of hydrogen-bond acceptors (Lipinski definition) is 3. The minimum absolute atomic E-state index is 0.129. The van der Waals surface area contributed by atoms with Crippen molar-refractivity contribution < 1.29 is 9.59 Å². The molecule has 1 N–H and O–H groups in total. The van der Waals surface area contributed by atoms with Crippen molar-refractivity contribution in [2.24, 2.45) is 0 Å². The molecule has 1 aromatic carbocycles. The normalized spacial score (nSPS) is 10.8. The molecule has 2 rings (SSSR count). The van der Waals surface area contributed by atoms with E-state index in [1.165, 1.54) is 18.3 Å². The van der Waals surface area contributed by atoms with E-state index < -0.39 is 0 Å². The molecule has 0 aliphatic heterocycles. The standard InChI is InChI=1S/C17H21NO2S/c1-4-5-6-7-14(20)16-13-10-11(2)8-9-15(13)21-17(16)18-12(3)19/h8-10H,4-7H2,1-3H3,(H,18,19). The molecular weight excluding hydrogens is 282 g/mol. The fourth-order valence-electron chi connectivity index (χ4n) is 2.40. The Hall–Kier alpha value is -1.68. The third-order valence-corrected chi connectivity index (χ3v) is 4.51. The van der Waals surface area contributed by atoms with E-state index >= 15 is 0 Å². The van der Waals surface area contributed by atoms with Gasteiger partial charge in [-0.1, -0.05) is 31.4 Å². The number of Topliss-reactive ketones (excluding diaryl/α,β-unsaturated/α-hetero) is 1. The van der Waals surface area contributed by atoms with Crippen LogP contribution in [0.15, 0.2) is 18.2 Å². The third kappa shape index (κ3) is 3.70. The van der Waals surface area contributed by atoms with Crippen molar-refractivity contribution in [3.8, 4) is 0 Å². The summed E-state index contributed by atoms with van der Waals surface area (Å²) < 4.78 is 1.04. The Labute approximate surface area is 129 Å². The van der Waals surface area contributed by atoms with Crippen molar-refractivity contribution in [3.05, 3.63) is 29.3 Å². The number of hydrogen-bond donors (Lipinski definition) is 1. The van der Waals surface area contributed by atoms with Crippen LogP contribution >= 0.6 is 11.3 Å². The van der Waals surface area contributed by atoms with Crippen molar-refractivity contribution in [3.63, 3.8) is 0 Å². The van der Waals surface area contributed by atoms with Gasteiger partial charge in [-0.2, -0.15) is 0 Å². The second-order valence-corrected chi connectivity index (χ2v) is 6.42. The van der Waals surface area contributed by atoms with E-state index in [0.717, 1.165) is 34.9 Å². The van der Waals surface area contributed by atoms with Crippen molar-refractivity contribution in [2.45, 2.75) is 46.5 Å². The van der Waals surface area contributed by atoms with Gasteiger partial charge in [-0.05, 0) is 25.5 Å². The van der Waals surface area contributed by atoms with Crippen LogP contribution in [0, 0.1) is 6.92 Å². The van der Waals surface area contributed by atoms with Crippen LogP contribution in [0.5, 0.6) is 0 Å². The first-order chi connectivity index (χ1) is 10.0. The number of ketones is 1. The maximum Gasteiger partial charge on any atom is 0.221 e. The van der Waals surface area contributed by atoms with Crippen molar-refractivity contribution in [2.75, 3.05) is 5.32 Å². The monoisotopic (exact) mass is 303 g/mol. The molecule has 0 atom stereocenters. The van der Waals surface area contributed by atoms with E-state index in [0.29, 0.717) is 17.0 Å². The van der Waals surface area contributed by atoms with Gasteiger partial charge in [0.2, 0.25) is 5.91 Å². The molecule has 0 aliphatic carbocycles. The molecule has 0 bridgehead atoms. The number of aryl methyl sites for hydroxylation is 1. The lowest BCUT2D eigenvalue weighted by Gasteiger charge is -2.05. The van der Waals surface area contributed by atoms with Gasteiger partial charge in [0.25, 0.3) is 0 Å². The minimum atomic E-state index is -0.138. The lowest BCUT2D eigenvalue weighted by molar-refractivity contribution is -0.114. The summed E-state index contributed by atoms with van der Waals surface area (Å²) in [5, 5.41) is 4.46. The van der Waals surface area contributed by atoms with Crippen LogP contribution in [0.1, 0.15) is 55.5 Å². The fourth-order valence-corrected chi connectivity index (χ4v) is 3.54. The maximum atomic E-state index is 12.6. The highest BCUT2D eigenvalue weighted by atomic mass is 32.1. The van der Waals surface area contributed by atoms with E-state index in [2.05, 4.69) is 12.2 Å². The number of anilines is 1. The number of nitrogens with one attached hydrogen (secondary N) is 1. The zero-order chi connectivity index (χ0) is 15.4. The summed E-state index contributed by atoms with van der Waals surface area (Å²) in [5.74, 6) is -0.00932. The van der Waals surface area contributed by atoms with Crippen LogP contribution < -0.4 is 5.32 Å². The van der Waals surface area contributed by atoms with E-state index in [1.807, 2.05) is 25.1 Å². The Morgan fingerprint density at radius 3 is 2.67 bits per heavy atom. The lowest BCUT2D eigenvalue weighted by Crippen LogP contribution is -2.09. The van der Waals surface area contributed by atoms with Gasteiger partial charge in [-0.15, -0.1) is 11.3 Å². The number of fused-ring (bicyclic) bond motifs is 1. The summed E-state index contributed by atoms with van der Waals surface area (Å²) >= 11 is 1.48. The molecule has 4 heteroatoms. The van der Waals surface area contributed by atoms with Gasteiger partial charge in [0.15, 0.2) is 5.78 Å². The first-order valence-electron chi connectivity index (χ1n) is 7.37. The largest absolute Gasteiger partial charge is 0.317 e. The van der Waals surface area contributed by atoms with Gasteiger partial charge in [-0.3, -0.25) is 9.59 Å². The zero-order valence-electron chi connectivity index (χ0n) is 12.8. The molecule has 0 unspecified atom stereocenters. The molecular formula is C17H21NO2S. The first kappa shape index (κ1) is 15.7. The number of thiophene rings is 1. The third-order valence-electron chi connectivity index (χ3n) is 3.42. The second-order valence-electron chi connectivity index (χ2n) is 5.37. The maximum absolute atomic E-state index is 12.6. The number of carbonyl (C=O) groups is 2. The van der Waals surface area contributed by atoms with Crippen molar-refractivity contribution in [1.82, 2.24) is 0 Å². The van der Waals surface area contributed by atoms with Gasteiger partial charge < -0.3 is 5.32 Å². The lowest BCUT2D eigenvalue weighted by atomic mass is 10.0. The average molecular weight is 303 g/mol. The van der Waals surface area contributed by atoms with Gasteiger partial charge in [-0.25, -0.2) is 0 Å². The molecule has 0 radical (unpaired) electrons. The molecule has 1 amide bonds. The van der Waals surface area contributed by atoms with Gasteiger partial charge in [0.05, 0.1) is 5.56 Å². The van der Waals surface area contributed by atoms with Crippen LogP contribution in [0.4, 0.5) is 5.00 Å². The van der Waals surface area contributed by atoms with Crippen molar-refractivity contribution in [1.29, 1.82) is 0 Å². The van der Waals surface area contributed by atoms with Crippen LogP contribution in [0.25, 0.3) is 10.1 Å². The smallest absolute Gasteiger partial charge is 0.221 e. The summed E-state index contributed by atoms with van der Waals surface area (Å²) in [6.45, 7) is 5.61. The molecule has 0 saturated heterocycles. The molecule has 0 fully saturated rings. The predicted molar refractivity (Wildman–Crippen MR) is 89.3 cm³/mol. The molecule has 3 nitrogen and oxygen atoms in total. The van der Waals surface area contributed by atoms with Gasteiger partial charge in [0.1, 0.15) is 5.00 Å². The Kier molecular flexibility index (Phi) is 5.12.